The lowest BCUT2D eigenvalue weighted by Gasteiger charge is -2.42. The molecule has 0 fully saturated rings. The van der Waals surface area contributed by atoms with E-state index < -0.39 is 5.97 Å². The van der Waals surface area contributed by atoms with Crippen molar-refractivity contribution in [1.29, 1.82) is 5.26 Å². The number of hydrogen-bond acceptors (Lipinski definition) is 6. The first-order chi connectivity index (χ1) is 10.7. The van der Waals surface area contributed by atoms with E-state index in [0.717, 1.165) is 11.1 Å². The summed E-state index contributed by atoms with van der Waals surface area (Å²) in [6.07, 6.45) is 0.0981. The Kier molecular flexibility index (Phi) is 3.82. The lowest BCUT2D eigenvalue weighted by molar-refractivity contribution is -0.137. The fourth-order valence-electron chi connectivity index (χ4n) is 3.12. The Morgan fingerprint density at radius 3 is 2.91 bits per heavy atom. The molecule has 0 aliphatic carbocycles. The maximum absolute atomic E-state index is 11.9. The van der Waals surface area contributed by atoms with Gasteiger partial charge in [-0.3, -0.25) is 0 Å². The highest BCUT2D eigenvalue weighted by molar-refractivity contribution is 6.36. The Balaban J connectivity index is 1.98. The Morgan fingerprint density at radius 2 is 2.23 bits per heavy atom. The molecular weight excluding hydrogens is 282 g/mol. The molecule has 0 spiro atoms. The Bertz CT molecular complexity index is 665. The molecule has 0 saturated carbocycles. The van der Waals surface area contributed by atoms with Crippen LogP contribution in [0, 0.1) is 11.3 Å². The number of rotatable bonds is 2. The number of benzene rings is 1. The van der Waals surface area contributed by atoms with Gasteiger partial charge in [-0.2, -0.15) is 5.26 Å². The fourth-order valence-corrected chi connectivity index (χ4v) is 3.12. The second-order valence-corrected chi connectivity index (χ2v) is 5.39. The van der Waals surface area contributed by atoms with Gasteiger partial charge in [0, 0.05) is 12.3 Å². The molecule has 2 heterocycles. The number of likely N-dealkylation sites (N-methyl/N-ethyl adjacent to an activating group) is 1. The summed E-state index contributed by atoms with van der Waals surface area (Å²) >= 11 is 0. The maximum atomic E-state index is 11.9. The fraction of sp³-hybridized carbons (Fsp3) is 0.438. The summed E-state index contributed by atoms with van der Waals surface area (Å²) in [5.41, 5.74) is 2.29. The highest BCUT2D eigenvalue weighted by Gasteiger charge is 2.44. The molecule has 0 bridgehead atoms. The van der Waals surface area contributed by atoms with Gasteiger partial charge in [0.2, 0.25) is 0 Å². The molecule has 6 nitrogen and oxygen atoms in total. The molecule has 2 aliphatic heterocycles. The summed E-state index contributed by atoms with van der Waals surface area (Å²) in [6, 6.07) is 9.72. The number of nitriles is 1. The van der Waals surface area contributed by atoms with Crippen molar-refractivity contribution >= 4 is 11.7 Å². The van der Waals surface area contributed by atoms with Crippen LogP contribution in [0.2, 0.25) is 0 Å². The number of carbonyl (C=O) groups excluding carboxylic acids is 1. The van der Waals surface area contributed by atoms with E-state index in [0.29, 0.717) is 18.7 Å². The summed E-state index contributed by atoms with van der Waals surface area (Å²) in [5, 5.41) is 13.4. The molecule has 0 N–H and O–H groups in total. The lowest BCUT2D eigenvalue weighted by atomic mass is 9.81. The first-order valence-electron chi connectivity index (χ1n) is 7.27. The summed E-state index contributed by atoms with van der Waals surface area (Å²) < 4.78 is 5.00. The van der Waals surface area contributed by atoms with Crippen LogP contribution in [0.15, 0.2) is 29.4 Å². The van der Waals surface area contributed by atoms with Crippen molar-refractivity contribution in [3.63, 3.8) is 0 Å². The zero-order chi connectivity index (χ0) is 15.7. The average molecular weight is 299 g/mol. The maximum Gasteiger partial charge on any atom is 0.356 e. The van der Waals surface area contributed by atoms with Crippen molar-refractivity contribution in [2.75, 3.05) is 13.7 Å². The van der Waals surface area contributed by atoms with Crippen molar-refractivity contribution in [3.05, 3.63) is 35.4 Å². The van der Waals surface area contributed by atoms with Gasteiger partial charge in [-0.05, 0) is 25.1 Å². The van der Waals surface area contributed by atoms with E-state index in [-0.39, 0.29) is 18.2 Å². The van der Waals surface area contributed by atoms with Crippen LogP contribution in [0.25, 0.3) is 0 Å². The molecule has 0 aromatic heterocycles. The summed E-state index contributed by atoms with van der Waals surface area (Å²) in [5.74, 6) is -0.480. The van der Waals surface area contributed by atoms with Crippen molar-refractivity contribution in [2.45, 2.75) is 31.5 Å². The molecule has 0 saturated heterocycles. The van der Waals surface area contributed by atoms with Crippen molar-refractivity contribution < 1.29 is 14.4 Å². The number of carbonyl (C=O) groups is 1. The van der Waals surface area contributed by atoms with E-state index in [4.69, 9.17) is 9.57 Å². The van der Waals surface area contributed by atoms with Gasteiger partial charge in [0.25, 0.3) is 0 Å². The van der Waals surface area contributed by atoms with Gasteiger partial charge in [-0.15, -0.1) is 0 Å². The van der Waals surface area contributed by atoms with Gasteiger partial charge in [-0.25, -0.2) is 9.69 Å². The van der Waals surface area contributed by atoms with Crippen molar-refractivity contribution in [1.82, 2.24) is 4.90 Å². The number of nitrogens with zero attached hydrogens (tertiary/aromatic N) is 3. The molecule has 0 radical (unpaired) electrons. The topological polar surface area (TPSA) is 74.9 Å². The van der Waals surface area contributed by atoms with Crippen LogP contribution < -0.4 is 0 Å². The molecule has 0 unspecified atom stereocenters. The third-order valence-electron chi connectivity index (χ3n) is 4.16. The molecule has 0 amide bonds. The molecule has 3 atom stereocenters. The molecule has 2 aliphatic rings. The summed E-state index contributed by atoms with van der Waals surface area (Å²) in [4.78, 5) is 19.3. The zero-order valence-electron chi connectivity index (χ0n) is 12.5. The Morgan fingerprint density at radius 1 is 1.50 bits per heavy atom. The molecule has 1 aromatic rings. The first kappa shape index (κ1) is 14.5. The SMILES string of the molecule is CCOC(=O)C1=NO[C@@H]2[C@H](C1)c1ccccc1[C@@H](C#N)N2C. The average Bonchev–Trinajstić information content (AvgIpc) is 2.55. The third kappa shape index (κ3) is 2.24. The Labute approximate surface area is 128 Å². The molecule has 1 aromatic carbocycles. The smallest absolute Gasteiger partial charge is 0.356 e. The minimum Gasteiger partial charge on any atom is -0.461 e. The number of oxime groups is 1. The molecular formula is C16H17N3O3. The second kappa shape index (κ2) is 5.78. The van der Waals surface area contributed by atoms with E-state index in [9.17, 15) is 10.1 Å². The molecule has 3 rings (SSSR count). The highest BCUT2D eigenvalue weighted by atomic mass is 16.7. The Hall–Kier alpha value is -2.39. The van der Waals surface area contributed by atoms with Crippen LogP contribution in [0.5, 0.6) is 0 Å². The number of hydrogen-bond donors (Lipinski definition) is 0. The monoisotopic (exact) mass is 299 g/mol. The van der Waals surface area contributed by atoms with E-state index >= 15 is 0 Å². The lowest BCUT2D eigenvalue weighted by Crippen LogP contribution is -2.47. The first-order valence-corrected chi connectivity index (χ1v) is 7.27. The van der Waals surface area contributed by atoms with E-state index in [2.05, 4.69) is 11.2 Å². The van der Waals surface area contributed by atoms with Gasteiger partial charge in [-0.1, -0.05) is 29.4 Å². The van der Waals surface area contributed by atoms with Crippen LogP contribution in [-0.2, 0) is 14.4 Å². The molecule has 6 heteroatoms. The standard InChI is InChI=1S/C16H17N3O3/c1-3-21-16(20)13-8-12-10-6-4-5-7-11(10)14(9-17)19(2)15(12)22-18-13/h4-7,12,14-15H,3,8H2,1-2H3/t12-,14-,15-/m1/s1. The largest absolute Gasteiger partial charge is 0.461 e. The second-order valence-electron chi connectivity index (χ2n) is 5.39. The van der Waals surface area contributed by atoms with Gasteiger partial charge in [0.05, 0.1) is 12.7 Å². The zero-order valence-corrected chi connectivity index (χ0v) is 12.5. The normalized spacial score (nSPS) is 26.8. The van der Waals surface area contributed by atoms with Crippen LogP contribution in [0.1, 0.15) is 36.4 Å². The van der Waals surface area contributed by atoms with Crippen LogP contribution in [0.4, 0.5) is 0 Å². The molecule has 22 heavy (non-hydrogen) atoms. The van der Waals surface area contributed by atoms with Crippen LogP contribution >= 0.6 is 0 Å². The molecule has 114 valence electrons. The third-order valence-corrected chi connectivity index (χ3v) is 4.16. The van der Waals surface area contributed by atoms with E-state index in [1.54, 1.807) is 6.92 Å². The van der Waals surface area contributed by atoms with E-state index in [1.807, 2.05) is 36.2 Å². The van der Waals surface area contributed by atoms with Gasteiger partial charge in [0.15, 0.2) is 11.9 Å². The van der Waals surface area contributed by atoms with Crippen LogP contribution in [0.3, 0.4) is 0 Å². The summed E-state index contributed by atoms with van der Waals surface area (Å²) in [7, 11) is 1.84. The van der Waals surface area contributed by atoms with Gasteiger partial charge >= 0.3 is 5.97 Å². The predicted octanol–water partition coefficient (Wildman–Crippen LogP) is 1.95. The quantitative estimate of drug-likeness (QED) is 0.780. The van der Waals surface area contributed by atoms with Gasteiger partial charge < -0.3 is 9.57 Å². The number of ether oxygens (including phenoxy) is 1. The predicted molar refractivity (Wildman–Crippen MR) is 78.9 cm³/mol. The van der Waals surface area contributed by atoms with Crippen molar-refractivity contribution in [2.24, 2.45) is 5.16 Å². The highest BCUT2D eigenvalue weighted by Crippen LogP contribution is 2.42. The minimum atomic E-state index is -0.441. The van der Waals surface area contributed by atoms with E-state index in [1.165, 1.54) is 0 Å². The summed E-state index contributed by atoms with van der Waals surface area (Å²) in [6.45, 7) is 2.06. The van der Waals surface area contributed by atoms with Crippen molar-refractivity contribution in [3.8, 4) is 6.07 Å². The number of fused-ring (bicyclic) bond motifs is 3. The van der Waals surface area contributed by atoms with Crippen LogP contribution in [-0.4, -0.2) is 36.5 Å². The minimum absolute atomic E-state index is 0.0392. The number of esters is 1. The van der Waals surface area contributed by atoms with Gasteiger partial charge in [0.1, 0.15) is 6.04 Å².